The first kappa shape index (κ1) is 13.7. The Kier molecular flexibility index (Phi) is 3.64. The van der Waals surface area contributed by atoms with Crippen LogP contribution in [0.5, 0.6) is 0 Å². The fraction of sp³-hybridized carbons (Fsp3) is 0.375. The summed E-state index contributed by atoms with van der Waals surface area (Å²) in [6.45, 7) is 4.59. The molecule has 2 heterocycles. The highest BCUT2D eigenvalue weighted by Crippen LogP contribution is 2.32. The van der Waals surface area contributed by atoms with E-state index in [1.54, 1.807) is 0 Å². The molecule has 0 aliphatic carbocycles. The third-order valence-electron chi connectivity index (χ3n) is 3.89. The van der Waals surface area contributed by atoms with Crippen molar-refractivity contribution in [3.8, 4) is 0 Å². The Morgan fingerprint density at radius 3 is 2.90 bits per heavy atom. The fourth-order valence-corrected chi connectivity index (χ4v) is 2.76. The molecule has 5 heteroatoms. The van der Waals surface area contributed by atoms with Gasteiger partial charge in [0.1, 0.15) is 11.5 Å². The zero-order chi connectivity index (χ0) is 14.8. The number of benzene rings is 1. The maximum Gasteiger partial charge on any atom is 0.322 e. The third kappa shape index (κ3) is 2.77. The van der Waals surface area contributed by atoms with Gasteiger partial charge in [0.25, 0.3) is 0 Å². The number of aromatic nitrogens is 1. The molecule has 0 saturated carbocycles. The fourth-order valence-electron chi connectivity index (χ4n) is 2.76. The SMILES string of the molecule is Cc1cc(C2CCCN2C(=O)Nc2ccccc2C)no1. The quantitative estimate of drug-likeness (QED) is 0.916. The van der Waals surface area contributed by atoms with Crippen LogP contribution in [0, 0.1) is 13.8 Å². The summed E-state index contributed by atoms with van der Waals surface area (Å²) in [5.74, 6) is 0.774. The van der Waals surface area contributed by atoms with Crippen LogP contribution in [0.1, 0.15) is 35.9 Å². The second kappa shape index (κ2) is 5.60. The molecule has 1 unspecified atom stereocenters. The van der Waals surface area contributed by atoms with Gasteiger partial charge >= 0.3 is 6.03 Å². The Hall–Kier alpha value is -2.30. The Morgan fingerprint density at radius 1 is 1.38 bits per heavy atom. The lowest BCUT2D eigenvalue weighted by molar-refractivity contribution is 0.204. The van der Waals surface area contributed by atoms with Crippen LogP contribution in [-0.4, -0.2) is 22.6 Å². The van der Waals surface area contributed by atoms with Crippen molar-refractivity contribution in [3.63, 3.8) is 0 Å². The minimum atomic E-state index is -0.0764. The molecule has 1 N–H and O–H groups in total. The van der Waals surface area contributed by atoms with Crippen LogP contribution in [0.4, 0.5) is 10.5 Å². The van der Waals surface area contributed by atoms with Gasteiger partial charge in [-0.15, -0.1) is 0 Å². The molecule has 1 saturated heterocycles. The first-order valence-corrected chi connectivity index (χ1v) is 7.21. The number of rotatable bonds is 2. The zero-order valence-electron chi connectivity index (χ0n) is 12.3. The molecule has 2 aromatic rings. The molecule has 2 amide bonds. The number of amides is 2. The van der Waals surface area contributed by atoms with E-state index in [4.69, 9.17) is 4.52 Å². The lowest BCUT2D eigenvalue weighted by atomic mass is 10.1. The highest BCUT2D eigenvalue weighted by Gasteiger charge is 2.32. The van der Waals surface area contributed by atoms with Crippen LogP contribution in [-0.2, 0) is 0 Å². The number of nitrogens with one attached hydrogen (secondary N) is 1. The highest BCUT2D eigenvalue weighted by atomic mass is 16.5. The van der Waals surface area contributed by atoms with E-state index in [-0.39, 0.29) is 12.1 Å². The first-order valence-electron chi connectivity index (χ1n) is 7.21. The summed E-state index contributed by atoms with van der Waals surface area (Å²) in [7, 11) is 0. The molecule has 1 aliphatic heterocycles. The number of nitrogens with zero attached hydrogens (tertiary/aromatic N) is 2. The van der Waals surface area contributed by atoms with Crippen molar-refractivity contribution in [2.45, 2.75) is 32.7 Å². The number of carbonyl (C=O) groups excluding carboxylic acids is 1. The van der Waals surface area contributed by atoms with Gasteiger partial charge in [0.2, 0.25) is 0 Å². The average molecular weight is 285 g/mol. The van der Waals surface area contributed by atoms with Crippen molar-refractivity contribution in [1.29, 1.82) is 0 Å². The van der Waals surface area contributed by atoms with Crippen molar-refractivity contribution in [2.24, 2.45) is 0 Å². The number of likely N-dealkylation sites (tertiary alicyclic amines) is 1. The van der Waals surface area contributed by atoms with Crippen LogP contribution in [0.25, 0.3) is 0 Å². The lowest BCUT2D eigenvalue weighted by Gasteiger charge is -2.23. The van der Waals surface area contributed by atoms with Crippen LogP contribution >= 0.6 is 0 Å². The number of anilines is 1. The van der Waals surface area contributed by atoms with Gasteiger partial charge in [-0.25, -0.2) is 4.79 Å². The van der Waals surface area contributed by atoms with Crippen molar-refractivity contribution in [3.05, 3.63) is 47.3 Å². The number of urea groups is 1. The van der Waals surface area contributed by atoms with E-state index < -0.39 is 0 Å². The molecule has 110 valence electrons. The van der Waals surface area contributed by atoms with Crippen molar-refractivity contribution < 1.29 is 9.32 Å². The van der Waals surface area contributed by atoms with Crippen LogP contribution in [0.2, 0.25) is 0 Å². The lowest BCUT2D eigenvalue weighted by Crippen LogP contribution is -2.34. The van der Waals surface area contributed by atoms with E-state index in [1.165, 1.54) is 0 Å². The molecular formula is C16H19N3O2. The molecule has 1 aromatic heterocycles. The molecule has 1 fully saturated rings. The number of carbonyl (C=O) groups is 1. The number of para-hydroxylation sites is 1. The predicted molar refractivity (Wildman–Crippen MR) is 80.1 cm³/mol. The maximum absolute atomic E-state index is 12.5. The average Bonchev–Trinajstić information content (AvgIpc) is 3.09. The van der Waals surface area contributed by atoms with E-state index in [0.717, 1.165) is 42.1 Å². The van der Waals surface area contributed by atoms with Gasteiger partial charge in [0, 0.05) is 18.3 Å². The van der Waals surface area contributed by atoms with Gasteiger partial charge in [-0.05, 0) is 38.3 Å². The molecule has 5 nitrogen and oxygen atoms in total. The van der Waals surface area contributed by atoms with Gasteiger partial charge in [0.05, 0.1) is 6.04 Å². The number of aryl methyl sites for hydroxylation is 2. The van der Waals surface area contributed by atoms with Gasteiger partial charge in [-0.2, -0.15) is 0 Å². The van der Waals surface area contributed by atoms with Gasteiger partial charge in [0.15, 0.2) is 0 Å². The second-order valence-electron chi connectivity index (χ2n) is 5.46. The number of hydrogen-bond donors (Lipinski definition) is 1. The molecule has 0 bridgehead atoms. The summed E-state index contributed by atoms with van der Waals surface area (Å²) in [6, 6.07) is 9.62. The summed E-state index contributed by atoms with van der Waals surface area (Å²) >= 11 is 0. The van der Waals surface area contributed by atoms with E-state index >= 15 is 0 Å². The zero-order valence-corrected chi connectivity index (χ0v) is 12.3. The molecule has 3 rings (SSSR count). The molecule has 21 heavy (non-hydrogen) atoms. The molecule has 1 aliphatic rings. The van der Waals surface area contributed by atoms with E-state index in [9.17, 15) is 4.79 Å². The Balaban J connectivity index is 1.76. The first-order chi connectivity index (χ1) is 10.1. The summed E-state index contributed by atoms with van der Waals surface area (Å²) in [6.07, 6.45) is 1.91. The predicted octanol–water partition coefficient (Wildman–Crippen LogP) is 3.66. The molecule has 1 aromatic carbocycles. The minimum Gasteiger partial charge on any atom is -0.361 e. The van der Waals surface area contributed by atoms with Gasteiger partial charge in [-0.1, -0.05) is 23.4 Å². The third-order valence-corrected chi connectivity index (χ3v) is 3.89. The van der Waals surface area contributed by atoms with E-state index in [1.807, 2.05) is 49.1 Å². The number of hydrogen-bond acceptors (Lipinski definition) is 3. The molecule has 0 spiro atoms. The maximum atomic E-state index is 12.5. The Bertz CT molecular complexity index is 650. The summed E-state index contributed by atoms with van der Waals surface area (Å²) in [5.41, 5.74) is 2.74. The van der Waals surface area contributed by atoms with Crippen molar-refractivity contribution >= 4 is 11.7 Å². The van der Waals surface area contributed by atoms with E-state index in [0.29, 0.717) is 0 Å². The van der Waals surface area contributed by atoms with Crippen molar-refractivity contribution in [2.75, 3.05) is 11.9 Å². The normalized spacial score (nSPS) is 18.0. The molecular weight excluding hydrogens is 266 g/mol. The van der Waals surface area contributed by atoms with E-state index in [2.05, 4.69) is 10.5 Å². The largest absolute Gasteiger partial charge is 0.361 e. The van der Waals surface area contributed by atoms with Gasteiger partial charge in [-0.3, -0.25) is 0 Å². The standard InChI is InChI=1S/C16H19N3O2/c1-11-6-3-4-7-13(11)17-16(20)19-9-5-8-15(19)14-10-12(2)21-18-14/h3-4,6-7,10,15H,5,8-9H2,1-2H3,(H,17,20). The molecule has 0 radical (unpaired) electrons. The van der Waals surface area contributed by atoms with Crippen molar-refractivity contribution in [1.82, 2.24) is 10.1 Å². The molecule has 1 atom stereocenters. The second-order valence-corrected chi connectivity index (χ2v) is 5.46. The monoisotopic (exact) mass is 285 g/mol. The van der Waals surface area contributed by atoms with Crippen LogP contribution in [0.3, 0.4) is 0 Å². The highest BCUT2D eigenvalue weighted by molar-refractivity contribution is 5.90. The smallest absolute Gasteiger partial charge is 0.322 e. The minimum absolute atomic E-state index is 0.00599. The summed E-state index contributed by atoms with van der Waals surface area (Å²) < 4.78 is 5.13. The van der Waals surface area contributed by atoms with Crippen LogP contribution < -0.4 is 5.32 Å². The summed E-state index contributed by atoms with van der Waals surface area (Å²) in [5, 5.41) is 7.05. The van der Waals surface area contributed by atoms with Gasteiger partial charge < -0.3 is 14.7 Å². The van der Waals surface area contributed by atoms with Crippen LogP contribution in [0.15, 0.2) is 34.9 Å². The topological polar surface area (TPSA) is 58.4 Å². The Labute approximate surface area is 123 Å². The summed E-state index contributed by atoms with van der Waals surface area (Å²) in [4.78, 5) is 14.4. The Morgan fingerprint density at radius 2 is 2.19 bits per heavy atom.